The first-order chi connectivity index (χ1) is 10.4. The molecule has 3 aliphatic rings. The van der Waals surface area contributed by atoms with Crippen molar-refractivity contribution in [3.8, 4) is 0 Å². The normalized spacial score (nSPS) is 42.6. The highest BCUT2D eigenvalue weighted by Crippen LogP contribution is 2.66. The summed E-state index contributed by atoms with van der Waals surface area (Å²) >= 11 is 0. The van der Waals surface area contributed by atoms with E-state index in [1.165, 1.54) is 11.1 Å². The van der Waals surface area contributed by atoms with E-state index in [9.17, 15) is 9.59 Å². The van der Waals surface area contributed by atoms with Gasteiger partial charge in [-0.3, -0.25) is 4.79 Å². The summed E-state index contributed by atoms with van der Waals surface area (Å²) in [6.45, 7) is 8.52. The molecule has 3 rings (SSSR count). The molecule has 0 amide bonds. The van der Waals surface area contributed by atoms with Gasteiger partial charge in [0, 0.05) is 18.3 Å². The number of allylic oxidation sites excluding steroid dienone is 6. The van der Waals surface area contributed by atoms with Crippen LogP contribution in [-0.4, -0.2) is 12.1 Å². The smallest absolute Gasteiger partial charge is 0.136 e. The zero-order chi connectivity index (χ0) is 16.1. The molecule has 118 valence electrons. The molecule has 0 N–H and O–H groups in total. The Bertz CT molecular complexity index is 591. The maximum atomic E-state index is 12.3. The van der Waals surface area contributed by atoms with Gasteiger partial charge in [0.05, 0.1) is 5.41 Å². The SMILES string of the molecule is CC(C)=CC/C=C(/C)[C@H]1C=C[C@@]2(C=O)[C@H]1[C@@H]1C(=O)C[C@H]2[C@H]1C. The van der Waals surface area contributed by atoms with Crippen LogP contribution in [0.15, 0.2) is 35.5 Å². The van der Waals surface area contributed by atoms with Gasteiger partial charge in [0.25, 0.3) is 0 Å². The van der Waals surface area contributed by atoms with Gasteiger partial charge in [0.15, 0.2) is 0 Å². The van der Waals surface area contributed by atoms with Crippen LogP contribution >= 0.6 is 0 Å². The van der Waals surface area contributed by atoms with Crippen molar-refractivity contribution >= 4 is 12.1 Å². The fourth-order valence-electron chi connectivity index (χ4n) is 5.22. The standard InChI is InChI=1S/C20H26O2/c1-12(2)6-5-7-13(3)15-8-9-20(11-21)16-10-17(22)18(14(16)4)19(15)20/h6-9,11,14-16,18-19H,5,10H2,1-4H3/b13-7-/t14-,15-,16+,18+,19-,20+/m1/s1. The van der Waals surface area contributed by atoms with Gasteiger partial charge < -0.3 is 4.79 Å². The number of ketones is 1. The average Bonchev–Trinajstić information content (AvgIpc) is 3.04. The summed E-state index contributed by atoms with van der Waals surface area (Å²) in [5, 5.41) is 0. The van der Waals surface area contributed by atoms with Crippen molar-refractivity contribution in [2.45, 2.75) is 40.5 Å². The van der Waals surface area contributed by atoms with Gasteiger partial charge in [-0.2, -0.15) is 0 Å². The topological polar surface area (TPSA) is 34.1 Å². The third-order valence-electron chi connectivity index (χ3n) is 6.28. The summed E-state index contributed by atoms with van der Waals surface area (Å²) in [6, 6.07) is 0. The van der Waals surface area contributed by atoms with Gasteiger partial charge in [-0.1, -0.05) is 42.4 Å². The fraction of sp³-hybridized carbons (Fsp3) is 0.600. The highest BCUT2D eigenvalue weighted by Gasteiger charge is 2.67. The van der Waals surface area contributed by atoms with Gasteiger partial charge in [-0.25, -0.2) is 0 Å². The van der Waals surface area contributed by atoms with Crippen molar-refractivity contribution in [2.24, 2.45) is 35.0 Å². The Morgan fingerprint density at radius 1 is 1.32 bits per heavy atom. The highest BCUT2D eigenvalue weighted by atomic mass is 16.1. The molecule has 2 bridgehead atoms. The van der Waals surface area contributed by atoms with Gasteiger partial charge in [0.2, 0.25) is 0 Å². The number of carbonyl (C=O) groups excluding carboxylic acids is 2. The molecule has 2 heteroatoms. The van der Waals surface area contributed by atoms with E-state index in [-0.39, 0.29) is 29.1 Å². The lowest BCUT2D eigenvalue weighted by Gasteiger charge is -2.36. The number of aldehydes is 1. The second-order valence-electron chi connectivity index (χ2n) is 7.66. The first-order valence-electron chi connectivity index (χ1n) is 8.40. The summed E-state index contributed by atoms with van der Waals surface area (Å²) in [7, 11) is 0. The summed E-state index contributed by atoms with van der Waals surface area (Å²) in [5.74, 6) is 1.43. The quantitative estimate of drug-likeness (QED) is 0.577. The monoisotopic (exact) mass is 298 g/mol. The van der Waals surface area contributed by atoms with E-state index in [1.54, 1.807) is 0 Å². The highest BCUT2D eigenvalue weighted by molar-refractivity contribution is 5.89. The molecule has 2 fully saturated rings. The van der Waals surface area contributed by atoms with Crippen molar-refractivity contribution in [1.82, 2.24) is 0 Å². The van der Waals surface area contributed by atoms with Crippen LogP contribution in [0, 0.1) is 35.0 Å². The number of carbonyl (C=O) groups is 2. The van der Waals surface area contributed by atoms with E-state index in [4.69, 9.17) is 0 Å². The third-order valence-corrected chi connectivity index (χ3v) is 6.28. The largest absolute Gasteiger partial charge is 0.302 e. The summed E-state index contributed by atoms with van der Waals surface area (Å²) < 4.78 is 0. The van der Waals surface area contributed by atoms with Crippen molar-refractivity contribution in [3.63, 3.8) is 0 Å². The zero-order valence-electron chi connectivity index (χ0n) is 14.0. The Labute approximate surface area is 133 Å². The van der Waals surface area contributed by atoms with E-state index >= 15 is 0 Å². The van der Waals surface area contributed by atoms with E-state index in [0.29, 0.717) is 18.1 Å². The molecule has 0 aromatic heterocycles. The lowest BCUT2D eigenvalue weighted by Crippen LogP contribution is -2.39. The van der Waals surface area contributed by atoms with E-state index in [1.807, 2.05) is 0 Å². The molecule has 0 heterocycles. The van der Waals surface area contributed by atoms with E-state index < -0.39 is 0 Å². The molecule has 22 heavy (non-hydrogen) atoms. The molecule has 3 aliphatic carbocycles. The fourth-order valence-corrected chi connectivity index (χ4v) is 5.22. The van der Waals surface area contributed by atoms with Gasteiger partial charge in [0.1, 0.15) is 12.1 Å². The molecular formula is C20H26O2. The minimum atomic E-state index is -0.381. The predicted molar refractivity (Wildman–Crippen MR) is 88.2 cm³/mol. The number of hydrogen-bond acceptors (Lipinski definition) is 2. The first kappa shape index (κ1) is 15.5. The number of Topliss-reactive ketones (excluding diaryl/α,β-unsaturated/α-hetero) is 1. The minimum absolute atomic E-state index is 0.0713. The summed E-state index contributed by atoms with van der Waals surface area (Å²) in [4.78, 5) is 24.3. The van der Waals surface area contributed by atoms with Crippen LogP contribution in [0.25, 0.3) is 0 Å². The molecular weight excluding hydrogens is 272 g/mol. The number of fused-ring (bicyclic) bond motifs is 5. The number of rotatable bonds is 4. The minimum Gasteiger partial charge on any atom is -0.302 e. The van der Waals surface area contributed by atoms with Crippen LogP contribution < -0.4 is 0 Å². The maximum Gasteiger partial charge on any atom is 0.136 e. The van der Waals surface area contributed by atoms with Gasteiger partial charge in [-0.05, 0) is 44.9 Å². The van der Waals surface area contributed by atoms with Gasteiger partial charge >= 0.3 is 0 Å². The molecule has 0 unspecified atom stereocenters. The van der Waals surface area contributed by atoms with Crippen LogP contribution in [0.1, 0.15) is 40.5 Å². The number of hydrogen-bond donors (Lipinski definition) is 0. The van der Waals surface area contributed by atoms with Crippen LogP contribution in [0.3, 0.4) is 0 Å². The molecule has 0 aromatic rings. The Balaban J connectivity index is 1.90. The van der Waals surface area contributed by atoms with Crippen LogP contribution in [0.2, 0.25) is 0 Å². The first-order valence-corrected chi connectivity index (χ1v) is 8.40. The lowest BCUT2D eigenvalue weighted by atomic mass is 9.65. The lowest BCUT2D eigenvalue weighted by molar-refractivity contribution is -0.129. The molecule has 0 radical (unpaired) electrons. The van der Waals surface area contributed by atoms with Crippen LogP contribution in [-0.2, 0) is 9.59 Å². The van der Waals surface area contributed by atoms with Crippen molar-refractivity contribution < 1.29 is 9.59 Å². The Hall–Kier alpha value is -1.44. The Kier molecular flexibility index (Phi) is 3.74. The van der Waals surface area contributed by atoms with Gasteiger partial charge in [-0.15, -0.1) is 0 Å². The second-order valence-corrected chi connectivity index (χ2v) is 7.66. The zero-order valence-corrected chi connectivity index (χ0v) is 14.0. The summed E-state index contributed by atoms with van der Waals surface area (Å²) in [5.41, 5.74) is 2.24. The molecule has 2 nitrogen and oxygen atoms in total. The molecule has 0 aromatic carbocycles. The summed E-state index contributed by atoms with van der Waals surface area (Å²) in [6.07, 6.45) is 11.5. The van der Waals surface area contributed by atoms with Crippen molar-refractivity contribution in [2.75, 3.05) is 0 Å². The Morgan fingerprint density at radius 3 is 2.68 bits per heavy atom. The van der Waals surface area contributed by atoms with Crippen LogP contribution in [0.5, 0.6) is 0 Å². The Morgan fingerprint density at radius 2 is 2.05 bits per heavy atom. The average molecular weight is 298 g/mol. The maximum absolute atomic E-state index is 12.3. The van der Waals surface area contributed by atoms with E-state index in [0.717, 1.165) is 12.7 Å². The van der Waals surface area contributed by atoms with Crippen molar-refractivity contribution in [1.29, 1.82) is 0 Å². The molecule has 0 saturated heterocycles. The molecule has 0 spiro atoms. The van der Waals surface area contributed by atoms with E-state index in [2.05, 4.69) is 52.0 Å². The molecule has 6 atom stereocenters. The van der Waals surface area contributed by atoms with Crippen molar-refractivity contribution in [3.05, 3.63) is 35.5 Å². The molecule has 0 aliphatic heterocycles. The molecule has 2 saturated carbocycles. The third kappa shape index (κ3) is 2.00. The van der Waals surface area contributed by atoms with Crippen LogP contribution in [0.4, 0.5) is 0 Å². The predicted octanol–water partition coefficient (Wildman–Crippen LogP) is 4.13. The second kappa shape index (κ2) is 5.33.